The van der Waals surface area contributed by atoms with Gasteiger partial charge in [0.15, 0.2) is 17.1 Å². The third-order valence-electron chi connectivity index (χ3n) is 10.4. The fourth-order valence-electron chi connectivity index (χ4n) is 8.64. The number of allylic oxidation sites excluding steroid dienone is 2. The zero-order chi connectivity index (χ0) is 25.3. The third-order valence-corrected chi connectivity index (χ3v) is 10.4. The number of fused-ring (bicyclic) bond motifs is 2. The molecular formula is C29H35FN2O4. The van der Waals surface area contributed by atoms with Gasteiger partial charge in [-0.15, -0.1) is 0 Å². The van der Waals surface area contributed by atoms with Crippen LogP contribution in [0.3, 0.4) is 0 Å². The fraction of sp³-hybridized carbons (Fsp3) is 0.621. The van der Waals surface area contributed by atoms with Gasteiger partial charge in [0.05, 0.1) is 11.7 Å². The minimum absolute atomic E-state index is 0.00698. The van der Waals surface area contributed by atoms with Crippen LogP contribution < -0.4 is 0 Å². The molecule has 8 atom stereocenters. The van der Waals surface area contributed by atoms with Crippen molar-refractivity contribution in [3.63, 3.8) is 0 Å². The number of hydrogen-bond donors (Lipinski definition) is 2. The molecule has 1 aromatic heterocycles. The smallest absolute Gasteiger partial charge is 0.192 e. The van der Waals surface area contributed by atoms with E-state index in [0.29, 0.717) is 43.6 Å². The van der Waals surface area contributed by atoms with E-state index in [9.17, 15) is 10.2 Å². The first kappa shape index (κ1) is 23.1. The van der Waals surface area contributed by atoms with Crippen LogP contribution in [0, 0.1) is 18.3 Å². The van der Waals surface area contributed by atoms with Gasteiger partial charge in [-0.05, 0) is 93.0 Å². The summed E-state index contributed by atoms with van der Waals surface area (Å²) in [5.41, 5.74) is 1.00. The van der Waals surface area contributed by atoms with Gasteiger partial charge in [-0.2, -0.15) is 0 Å². The fourth-order valence-corrected chi connectivity index (χ4v) is 8.64. The summed E-state index contributed by atoms with van der Waals surface area (Å²) in [6.45, 7) is 4.13. The average molecular weight is 495 g/mol. The molecular weight excluding hydrogens is 459 g/mol. The van der Waals surface area contributed by atoms with E-state index in [1.165, 1.54) is 5.57 Å². The van der Waals surface area contributed by atoms with Crippen molar-refractivity contribution in [3.05, 3.63) is 47.4 Å². The number of oxazole rings is 1. The molecule has 3 heterocycles. The van der Waals surface area contributed by atoms with Crippen LogP contribution in [0.1, 0.15) is 56.9 Å². The number of rotatable bonds is 2. The molecule has 7 rings (SSSR count). The largest absolute Gasteiger partial charge is 0.441 e. The van der Waals surface area contributed by atoms with Gasteiger partial charge in [0.2, 0.25) is 0 Å². The average Bonchev–Trinajstić information content (AvgIpc) is 3.49. The number of nitrogens with zero attached hydrogens (tertiary/aromatic N) is 2. The van der Waals surface area contributed by atoms with Crippen LogP contribution in [0.15, 0.2) is 40.3 Å². The molecule has 2 aromatic rings. The molecule has 36 heavy (non-hydrogen) atoms. The lowest BCUT2D eigenvalue weighted by atomic mass is 9.53. The first-order chi connectivity index (χ1) is 17.0. The topological polar surface area (TPSA) is 79.0 Å². The number of hydrogen-bond acceptors (Lipinski definition) is 6. The predicted octanol–water partition coefficient (Wildman–Crippen LogP) is 4.33. The maximum Gasteiger partial charge on any atom is 0.192 e. The van der Waals surface area contributed by atoms with Crippen molar-refractivity contribution in [1.82, 2.24) is 9.88 Å². The van der Waals surface area contributed by atoms with E-state index < -0.39 is 29.1 Å². The zero-order valence-electron chi connectivity index (χ0n) is 21.4. The molecule has 1 saturated heterocycles. The molecule has 5 aliphatic rings. The van der Waals surface area contributed by atoms with Crippen LogP contribution in [0.25, 0.3) is 16.7 Å². The second kappa shape index (κ2) is 7.07. The Hall–Kier alpha value is -2.06. The third kappa shape index (κ3) is 2.67. The monoisotopic (exact) mass is 494 g/mol. The summed E-state index contributed by atoms with van der Waals surface area (Å²) in [6, 6.07) is 5.92. The van der Waals surface area contributed by atoms with Crippen molar-refractivity contribution in [3.8, 4) is 0 Å². The van der Waals surface area contributed by atoms with Crippen LogP contribution in [0.2, 0.25) is 0 Å². The molecule has 6 nitrogen and oxygen atoms in total. The molecule has 2 bridgehead atoms. The Balaban J connectivity index is 1.30. The lowest BCUT2D eigenvalue weighted by Crippen LogP contribution is -2.68. The first-order valence-electron chi connectivity index (χ1n) is 13.3. The first-order valence-corrected chi connectivity index (χ1v) is 13.3. The van der Waals surface area contributed by atoms with Gasteiger partial charge in [0, 0.05) is 18.9 Å². The summed E-state index contributed by atoms with van der Waals surface area (Å²) in [5.74, 6) is 0.642. The Kier molecular flexibility index (Phi) is 4.53. The van der Waals surface area contributed by atoms with Gasteiger partial charge >= 0.3 is 0 Å². The van der Waals surface area contributed by atoms with Crippen LogP contribution in [0.5, 0.6) is 0 Å². The number of aryl methyl sites for hydroxylation is 1. The maximum atomic E-state index is 17.1. The molecule has 3 aliphatic carbocycles. The van der Waals surface area contributed by atoms with E-state index in [2.05, 4.69) is 30.1 Å². The normalized spacial score (nSPS) is 45.3. The van der Waals surface area contributed by atoms with Gasteiger partial charge in [-0.1, -0.05) is 19.1 Å². The molecule has 2 spiro atoms. The van der Waals surface area contributed by atoms with Crippen molar-refractivity contribution in [2.45, 2.75) is 87.5 Å². The number of ether oxygens (including phenoxy) is 1. The van der Waals surface area contributed by atoms with Crippen molar-refractivity contribution in [2.75, 3.05) is 14.1 Å². The number of benzene rings is 1. The molecule has 0 amide bonds. The Labute approximate surface area is 210 Å². The molecule has 1 aromatic carbocycles. The highest BCUT2D eigenvalue weighted by Crippen LogP contribution is 2.71. The van der Waals surface area contributed by atoms with Gasteiger partial charge < -0.3 is 24.3 Å². The van der Waals surface area contributed by atoms with E-state index in [1.54, 1.807) is 6.08 Å². The highest BCUT2D eigenvalue weighted by molar-refractivity contribution is 5.82. The number of aliphatic hydroxyl groups excluding tert-OH is 2. The van der Waals surface area contributed by atoms with Gasteiger partial charge in [-0.3, -0.25) is 0 Å². The van der Waals surface area contributed by atoms with Gasteiger partial charge in [-0.25, -0.2) is 9.37 Å². The molecule has 0 radical (unpaired) electrons. The standard InChI is InChI=1S/C29H35FN2O4/c1-16-31-20-13-17(5-7-22(20)35-16)18-6-8-23-26(18,2)9-11-28(30)14-19-24(33)25(34)21(32(3)4)15-27(19)10-12-29(23,28)36-27/h5-7,13-14,21,23-25,33-34H,8-12,15H2,1-4H3. The number of halogens is 1. The van der Waals surface area contributed by atoms with E-state index in [1.807, 2.05) is 32.0 Å². The summed E-state index contributed by atoms with van der Waals surface area (Å²) in [7, 11) is 3.83. The SMILES string of the molecule is Cc1nc2cc(C3=CCC4C3(C)CCC3(F)C=C5C(O)C(O)C(N(C)C)CC56CCC43O6)ccc2o1. The summed E-state index contributed by atoms with van der Waals surface area (Å²) in [6.07, 6.45) is 5.54. The van der Waals surface area contributed by atoms with Crippen LogP contribution in [-0.2, 0) is 4.74 Å². The Morgan fingerprint density at radius 2 is 1.94 bits per heavy atom. The zero-order valence-corrected chi connectivity index (χ0v) is 21.4. The summed E-state index contributed by atoms with van der Waals surface area (Å²) < 4.78 is 29.8. The molecule has 2 saturated carbocycles. The molecule has 2 N–H and O–H groups in total. The second-order valence-electron chi connectivity index (χ2n) is 12.4. The minimum Gasteiger partial charge on any atom is -0.441 e. The highest BCUT2D eigenvalue weighted by Gasteiger charge is 2.74. The molecule has 3 fully saturated rings. The highest BCUT2D eigenvalue weighted by atomic mass is 19.1. The van der Waals surface area contributed by atoms with E-state index >= 15 is 4.39 Å². The van der Waals surface area contributed by atoms with Crippen molar-refractivity contribution < 1.29 is 23.8 Å². The van der Waals surface area contributed by atoms with E-state index in [-0.39, 0.29) is 17.4 Å². The summed E-state index contributed by atoms with van der Waals surface area (Å²) >= 11 is 0. The molecule has 2 aliphatic heterocycles. The number of likely N-dealkylation sites (N-methyl/N-ethyl adjacent to an activating group) is 1. The molecule has 8 unspecified atom stereocenters. The lowest BCUT2D eigenvalue weighted by molar-refractivity contribution is -0.239. The van der Waals surface area contributed by atoms with Crippen LogP contribution >= 0.6 is 0 Å². The number of alkyl halides is 1. The molecule has 7 heteroatoms. The van der Waals surface area contributed by atoms with E-state index in [4.69, 9.17) is 9.15 Å². The quantitative estimate of drug-likeness (QED) is 0.605. The Morgan fingerprint density at radius 1 is 1.14 bits per heavy atom. The van der Waals surface area contributed by atoms with Gasteiger partial charge in [0.25, 0.3) is 0 Å². The second-order valence-corrected chi connectivity index (χ2v) is 12.4. The summed E-state index contributed by atoms with van der Waals surface area (Å²) in [4.78, 5) is 6.48. The summed E-state index contributed by atoms with van der Waals surface area (Å²) in [5, 5.41) is 22.0. The maximum absolute atomic E-state index is 17.1. The number of aliphatic hydroxyl groups is 2. The van der Waals surface area contributed by atoms with Crippen molar-refractivity contribution >= 4 is 16.7 Å². The van der Waals surface area contributed by atoms with Crippen molar-refractivity contribution in [2.24, 2.45) is 11.3 Å². The van der Waals surface area contributed by atoms with Gasteiger partial charge in [0.1, 0.15) is 17.2 Å². The lowest BCUT2D eigenvalue weighted by Gasteiger charge is -2.60. The Bertz CT molecular complexity index is 1330. The van der Waals surface area contributed by atoms with E-state index in [0.717, 1.165) is 23.1 Å². The minimum atomic E-state index is -1.66. The van der Waals surface area contributed by atoms with Crippen LogP contribution in [0.4, 0.5) is 4.39 Å². The molecule has 192 valence electrons. The number of aromatic nitrogens is 1. The van der Waals surface area contributed by atoms with Crippen molar-refractivity contribution in [1.29, 1.82) is 0 Å². The Morgan fingerprint density at radius 3 is 2.72 bits per heavy atom. The van der Waals surface area contributed by atoms with Crippen LogP contribution in [-0.4, -0.2) is 69.3 Å². The predicted molar refractivity (Wildman–Crippen MR) is 134 cm³/mol.